The summed E-state index contributed by atoms with van der Waals surface area (Å²) in [6.45, 7) is 6.52. The van der Waals surface area contributed by atoms with E-state index in [2.05, 4.69) is 23.7 Å². The maximum atomic E-state index is 5.88. The topological polar surface area (TPSA) is 25.4 Å². The molecule has 0 saturated carbocycles. The van der Waals surface area contributed by atoms with Gasteiger partial charge in [-0.15, -0.1) is 0 Å². The Hall–Kier alpha value is -0.800. The lowest BCUT2D eigenvalue weighted by Gasteiger charge is -2.19. The van der Waals surface area contributed by atoms with E-state index in [-0.39, 0.29) is 6.10 Å². The molecule has 0 radical (unpaired) electrons. The molecule has 0 aromatic carbocycles. The van der Waals surface area contributed by atoms with E-state index in [1.54, 1.807) is 6.20 Å². The molecule has 94 valence electrons. The molecular weight excluding hydrogens is 236 g/mol. The Morgan fingerprint density at radius 2 is 2.29 bits per heavy atom. The van der Waals surface area contributed by atoms with Gasteiger partial charge in [-0.25, -0.2) is 4.98 Å². The summed E-state index contributed by atoms with van der Waals surface area (Å²) in [6, 6.07) is 4.29. The predicted molar refractivity (Wildman–Crippen MR) is 69.6 cm³/mol. The van der Waals surface area contributed by atoms with Crippen molar-refractivity contribution >= 4 is 11.6 Å². The number of likely N-dealkylation sites (N-methyl/N-ethyl adjacent to an activating group) is 1. The molecule has 2 atom stereocenters. The number of halogens is 1. The van der Waals surface area contributed by atoms with Gasteiger partial charge in [0.25, 0.3) is 0 Å². The number of ether oxygens (including phenoxy) is 1. The lowest BCUT2D eigenvalue weighted by molar-refractivity contribution is 0.193. The molecule has 17 heavy (non-hydrogen) atoms. The second-order valence-electron chi connectivity index (χ2n) is 4.44. The Bertz CT molecular complexity index is 343. The number of hydrogen-bond acceptors (Lipinski definition) is 3. The molecule has 1 fully saturated rings. The van der Waals surface area contributed by atoms with Crippen molar-refractivity contribution in [3.63, 3.8) is 0 Å². The smallest absolute Gasteiger partial charge is 0.213 e. The number of likely N-dealkylation sites (tertiary alicyclic amines) is 1. The minimum atomic E-state index is 0.258. The highest BCUT2D eigenvalue weighted by Crippen LogP contribution is 2.24. The molecule has 1 aliphatic rings. The third-order valence-corrected chi connectivity index (χ3v) is 3.58. The van der Waals surface area contributed by atoms with Gasteiger partial charge in [0.15, 0.2) is 0 Å². The molecule has 1 saturated heterocycles. The fourth-order valence-corrected chi connectivity index (χ4v) is 2.55. The SMILES string of the molecule is CCC1CC(Oc2ccc(Cl)cn2)CN1CC. The van der Waals surface area contributed by atoms with Crippen LogP contribution in [0.5, 0.6) is 5.88 Å². The summed E-state index contributed by atoms with van der Waals surface area (Å²) < 4.78 is 5.88. The van der Waals surface area contributed by atoms with Gasteiger partial charge in [-0.2, -0.15) is 0 Å². The summed E-state index contributed by atoms with van der Waals surface area (Å²) in [5.74, 6) is 0.673. The molecule has 0 aliphatic carbocycles. The molecule has 0 bridgehead atoms. The second-order valence-corrected chi connectivity index (χ2v) is 4.88. The van der Waals surface area contributed by atoms with Crippen LogP contribution in [-0.4, -0.2) is 35.1 Å². The van der Waals surface area contributed by atoms with Crippen molar-refractivity contribution in [1.82, 2.24) is 9.88 Å². The summed E-state index contributed by atoms with van der Waals surface area (Å²) in [6.07, 6.45) is 4.16. The Balaban J connectivity index is 1.94. The van der Waals surface area contributed by atoms with Gasteiger partial charge < -0.3 is 4.74 Å². The minimum Gasteiger partial charge on any atom is -0.473 e. The van der Waals surface area contributed by atoms with Crippen LogP contribution in [0, 0.1) is 0 Å². The van der Waals surface area contributed by atoms with Gasteiger partial charge in [0.2, 0.25) is 5.88 Å². The van der Waals surface area contributed by atoms with Crippen molar-refractivity contribution in [3.05, 3.63) is 23.4 Å². The monoisotopic (exact) mass is 254 g/mol. The zero-order valence-corrected chi connectivity index (χ0v) is 11.2. The number of hydrogen-bond donors (Lipinski definition) is 0. The number of pyridine rings is 1. The van der Waals surface area contributed by atoms with Crippen LogP contribution in [0.25, 0.3) is 0 Å². The zero-order valence-electron chi connectivity index (χ0n) is 10.4. The van der Waals surface area contributed by atoms with Crippen molar-refractivity contribution in [2.45, 2.75) is 38.8 Å². The van der Waals surface area contributed by atoms with Gasteiger partial charge in [-0.3, -0.25) is 4.90 Å². The van der Waals surface area contributed by atoms with Crippen LogP contribution in [0.4, 0.5) is 0 Å². The van der Waals surface area contributed by atoms with Crippen LogP contribution in [0.3, 0.4) is 0 Å². The molecule has 0 amide bonds. The van der Waals surface area contributed by atoms with Gasteiger partial charge in [0.1, 0.15) is 6.10 Å². The summed E-state index contributed by atoms with van der Waals surface area (Å²) in [7, 11) is 0. The van der Waals surface area contributed by atoms with E-state index in [4.69, 9.17) is 16.3 Å². The molecule has 2 rings (SSSR count). The Labute approximate surface area is 108 Å². The molecule has 1 aromatic rings. The molecule has 3 nitrogen and oxygen atoms in total. The third kappa shape index (κ3) is 3.11. The summed E-state index contributed by atoms with van der Waals surface area (Å²) >= 11 is 5.79. The Kier molecular flexibility index (Phi) is 4.24. The lowest BCUT2D eigenvalue weighted by Crippen LogP contribution is -2.29. The van der Waals surface area contributed by atoms with Gasteiger partial charge in [0.05, 0.1) is 5.02 Å². The van der Waals surface area contributed by atoms with Crippen molar-refractivity contribution in [1.29, 1.82) is 0 Å². The summed E-state index contributed by atoms with van der Waals surface area (Å²) in [5, 5.41) is 0.644. The Morgan fingerprint density at radius 3 is 2.82 bits per heavy atom. The maximum Gasteiger partial charge on any atom is 0.213 e. The summed E-state index contributed by atoms with van der Waals surface area (Å²) in [5.41, 5.74) is 0. The molecule has 0 spiro atoms. The molecule has 2 unspecified atom stereocenters. The molecule has 0 N–H and O–H groups in total. The summed E-state index contributed by atoms with van der Waals surface area (Å²) in [4.78, 5) is 6.64. The molecular formula is C13H19ClN2O. The van der Waals surface area contributed by atoms with E-state index in [1.165, 1.54) is 6.42 Å². The highest BCUT2D eigenvalue weighted by molar-refractivity contribution is 6.30. The first-order valence-electron chi connectivity index (χ1n) is 6.25. The van der Waals surface area contributed by atoms with Gasteiger partial charge in [0, 0.05) is 31.3 Å². The number of nitrogens with zero attached hydrogens (tertiary/aromatic N) is 2. The quantitative estimate of drug-likeness (QED) is 0.826. The Morgan fingerprint density at radius 1 is 1.47 bits per heavy atom. The van der Waals surface area contributed by atoms with Crippen LogP contribution in [-0.2, 0) is 0 Å². The van der Waals surface area contributed by atoms with Crippen LogP contribution in [0.1, 0.15) is 26.7 Å². The van der Waals surface area contributed by atoms with Crippen LogP contribution in [0.15, 0.2) is 18.3 Å². The van der Waals surface area contributed by atoms with Crippen LogP contribution >= 0.6 is 11.6 Å². The van der Waals surface area contributed by atoms with E-state index in [1.807, 2.05) is 12.1 Å². The highest BCUT2D eigenvalue weighted by Gasteiger charge is 2.31. The maximum absolute atomic E-state index is 5.88. The van der Waals surface area contributed by atoms with Crippen molar-refractivity contribution in [2.75, 3.05) is 13.1 Å². The first-order chi connectivity index (χ1) is 8.22. The van der Waals surface area contributed by atoms with Gasteiger partial charge in [-0.05, 0) is 19.0 Å². The van der Waals surface area contributed by atoms with E-state index in [0.29, 0.717) is 16.9 Å². The first-order valence-corrected chi connectivity index (χ1v) is 6.63. The predicted octanol–water partition coefficient (Wildman–Crippen LogP) is 2.99. The fourth-order valence-electron chi connectivity index (χ4n) is 2.44. The van der Waals surface area contributed by atoms with Crippen LogP contribution in [0.2, 0.25) is 5.02 Å². The standard InChI is InChI=1S/C13H19ClN2O/c1-3-11-7-12(9-16(11)4-2)17-13-6-5-10(14)8-15-13/h5-6,8,11-12H,3-4,7,9H2,1-2H3. The fraction of sp³-hybridized carbons (Fsp3) is 0.615. The van der Waals surface area contributed by atoms with E-state index in [0.717, 1.165) is 19.5 Å². The molecule has 2 heterocycles. The van der Waals surface area contributed by atoms with Crippen LogP contribution < -0.4 is 4.74 Å². The van der Waals surface area contributed by atoms with E-state index >= 15 is 0 Å². The van der Waals surface area contributed by atoms with E-state index < -0.39 is 0 Å². The van der Waals surface area contributed by atoms with Gasteiger partial charge >= 0.3 is 0 Å². The number of rotatable bonds is 4. The van der Waals surface area contributed by atoms with E-state index in [9.17, 15) is 0 Å². The van der Waals surface area contributed by atoms with Crippen molar-refractivity contribution in [2.24, 2.45) is 0 Å². The molecule has 1 aromatic heterocycles. The first kappa shape index (κ1) is 12.7. The molecule has 4 heteroatoms. The van der Waals surface area contributed by atoms with Gasteiger partial charge in [-0.1, -0.05) is 25.4 Å². The lowest BCUT2D eigenvalue weighted by atomic mass is 10.1. The average Bonchev–Trinajstić information content (AvgIpc) is 2.74. The highest BCUT2D eigenvalue weighted by atomic mass is 35.5. The largest absolute Gasteiger partial charge is 0.473 e. The average molecular weight is 255 g/mol. The third-order valence-electron chi connectivity index (χ3n) is 3.35. The zero-order chi connectivity index (χ0) is 12.3. The normalized spacial score (nSPS) is 25.1. The van der Waals surface area contributed by atoms with Crippen molar-refractivity contribution in [3.8, 4) is 5.88 Å². The second kappa shape index (κ2) is 5.69. The number of aromatic nitrogens is 1. The molecule has 1 aliphatic heterocycles. The minimum absolute atomic E-state index is 0.258. The van der Waals surface area contributed by atoms with Crippen molar-refractivity contribution < 1.29 is 4.74 Å².